The van der Waals surface area contributed by atoms with Crippen molar-refractivity contribution in [1.29, 1.82) is 0 Å². The fourth-order valence-corrected chi connectivity index (χ4v) is 5.92. The van der Waals surface area contributed by atoms with Gasteiger partial charge in [-0.3, -0.25) is 9.10 Å². The number of amides is 1. The Hall–Kier alpha value is -3.08. The third kappa shape index (κ3) is 7.96. The normalized spacial score (nSPS) is 11.1. The molecule has 0 aliphatic carbocycles. The zero-order chi connectivity index (χ0) is 27.5. The average Bonchev–Trinajstić information content (AvgIpc) is 2.92. The van der Waals surface area contributed by atoms with Gasteiger partial charge in [-0.1, -0.05) is 11.6 Å². The first-order chi connectivity index (χ1) is 18.3. The monoisotopic (exact) mass is 578 g/mol. The number of anilines is 1. The Morgan fingerprint density at radius 1 is 0.974 bits per heavy atom. The van der Waals surface area contributed by atoms with Crippen LogP contribution in [0, 0.1) is 0 Å². The van der Waals surface area contributed by atoms with Gasteiger partial charge in [0.1, 0.15) is 12.3 Å². The topological polar surface area (TPSA) is 94.2 Å². The van der Waals surface area contributed by atoms with Crippen LogP contribution in [0.5, 0.6) is 17.2 Å². The molecule has 0 aromatic heterocycles. The van der Waals surface area contributed by atoms with E-state index in [1.165, 1.54) is 32.4 Å². The van der Waals surface area contributed by atoms with Gasteiger partial charge in [-0.15, -0.1) is 11.8 Å². The predicted molar refractivity (Wildman–Crippen MR) is 151 cm³/mol. The number of nitrogens with zero attached hydrogens (tertiary/aromatic N) is 1. The maximum Gasteiger partial charge on any atom is 0.264 e. The van der Waals surface area contributed by atoms with Gasteiger partial charge < -0.3 is 19.5 Å². The minimum absolute atomic E-state index is 0.0313. The Morgan fingerprint density at radius 2 is 1.66 bits per heavy atom. The van der Waals surface area contributed by atoms with Gasteiger partial charge in [0.2, 0.25) is 5.91 Å². The maximum atomic E-state index is 13.7. The highest BCUT2D eigenvalue weighted by Crippen LogP contribution is 2.32. The number of benzene rings is 3. The van der Waals surface area contributed by atoms with Gasteiger partial charge in [0.15, 0.2) is 11.5 Å². The van der Waals surface area contributed by atoms with E-state index in [1.54, 1.807) is 36.0 Å². The highest BCUT2D eigenvalue weighted by molar-refractivity contribution is 7.99. The van der Waals surface area contributed by atoms with Crippen molar-refractivity contribution in [2.45, 2.75) is 23.1 Å². The Bertz CT molecular complexity index is 1300. The van der Waals surface area contributed by atoms with Crippen molar-refractivity contribution in [3.8, 4) is 17.2 Å². The van der Waals surface area contributed by atoms with Crippen molar-refractivity contribution in [2.75, 3.05) is 44.0 Å². The molecule has 0 aliphatic rings. The van der Waals surface area contributed by atoms with Crippen LogP contribution in [0.15, 0.2) is 76.5 Å². The predicted octanol–water partition coefficient (Wildman–Crippen LogP) is 5.25. The van der Waals surface area contributed by atoms with Crippen LogP contribution < -0.4 is 23.8 Å². The van der Waals surface area contributed by atoms with Gasteiger partial charge in [-0.05, 0) is 79.8 Å². The van der Waals surface area contributed by atoms with Crippen LogP contribution in [-0.2, 0) is 14.8 Å². The summed E-state index contributed by atoms with van der Waals surface area (Å²) in [6.07, 6.45) is 0.713. The summed E-state index contributed by atoms with van der Waals surface area (Å²) >= 11 is 7.57. The third-order valence-corrected chi connectivity index (χ3v) is 8.51. The highest BCUT2D eigenvalue weighted by Gasteiger charge is 2.28. The van der Waals surface area contributed by atoms with Gasteiger partial charge in [-0.25, -0.2) is 8.42 Å². The van der Waals surface area contributed by atoms with Gasteiger partial charge >= 0.3 is 0 Å². The first-order valence-corrected chi connectivity index (χ1v) is 14.7. The summed E-state index contributed by atoms with van der Waals surface area (Å²) in [5, 5.41) is 3.51. The first-order valence-electron chi connectivity index (χ1n) is 11.9. The number of hydrogen-bond acceptors (Lipinski definition) is 7. The molecule has 0 atom stereocenters. The van der Waals surface area contributed by atoms with E-state index in [0.717, 1.165) is 15.0 Å². The number of thioether (sulfide) groups is 1. The van der Waals surface area contributed by atoms with E-state index in [1.807, 2.05) is 31.2 Å². The molecule has 3 aromatic carbocycles. The number of methoxy groups -OCH3 is 2. The summed E-state index contributed by atoms with van der Waals surface area (Å²) < 4.78 is 44.5. The second-order valence-electron chi connectivity index (χ2n) is 7.96. The van der Waals surface area contributed by atoms with Crippen molar-refractivity contribution in [2.24, 2.45) is 0 Å². The highest BCUT2D eigenvalue weighted by atomic mass is 35.5. The first kappa shape index (κ1) is 29.5. The molecule has 0 bridgehead atoms. The molecule has 0 unspecified atom stereocenters. The SMILES string of the molecule is CCOc1ccc(N(CC(=O)NCCCSc2ccc(Cl)cc2)S(=O)(=O)c2ccc(OC)c(OC)c2)cc1. The molecule has 0 aliphatic heterocycles. The Kier molecular flexibility index (Phi) is 11.0. The van der Waals surface area contributed by atoms with Gasteiger partial charge in [0, 0.05) is 22.5 Å². The summed E-state index contributed by atoms with van der Waals surface area (Å²) in [7, 11) is -1.23. The van der Waals surface area contributed by atoms with E-state index in [9.17, 15) is 13.2 Å². The summed E-state index contributed by atoms with van der Waals surface area (Å²) in [6.45, 7) is 2.35. The number of hydrogen-bond donors (Lipinski definition) is 1. The summed E-state index contributed by atoms with van der Waals surface area (Å²) in [5.74, 6) is 1.63. The van der Waals surface area contributed by atoms with Crippen LogP contribution in [0.3, 0.4) is 0 Å². The Balaban J connectivity index is 1.73. The van der Waals surface area contributed by atoms with Gasteiger partial charge in [0.25, 0.3) is 10.0 Å². The van der Waals surface area contributed by atoms with Crippen molar-refractivity contribution < 1.29 is 27.4 Å². The molecule has 3 rings (SSSR count). The smallest absolute Gasteiger partial charge is 0.264 e. The van der Waals surface area contributed by atoms with Crippen LogP contribution >= 0.6 is 23.4 Å². The molecule has 204 valence electrons. The average molecular weight is 579 g/mol. The zero-order valence-electron chi connectivity index (χ0n) is 21.5. The number of halogens is 1. The minimum atomic E-state index is -4.13. The van der Waals surface area contributed by atoms with E-state index < -0.39 is 22.5 Å². The lowest BCUT2D eigenvalue weighted by molar-refractivity contribution is -0.119. The lowest BCUT2D eigenvalue weighted by Crippen LogP contribution is -2.41. The largest absolute Gasteiger partial charge is 0.494 e. The van der Waals surface area contributed by atoms with Crippen LogP contribution in [0.2, 0.25) is 5.02 Å². The van der Waals surface area contributed by atoms with E-state index in [2.05, 4.69) is 5.32 Å². The number of carbonyl (C=O) groups excluding carboxylic acids is 1. The van der Waals surface area contributed by atoms with Crippen LogP contribution in [0.4, 0.5) is 5.69 Å². The molecular weight excluding hydrogens is 548 g/mol. The van der Waals surface area contributed by atoms with E-state index in [-0.39, 0.29) is 10.6 Å². The lowest BCUT2D eigenvalue weighted by atomic mass is 10.3. The van der Waals surface area contributed by atoms with Crippen molar-refractivity contribution in [3.63, 3.8) is 0 Å². The summed E-state index contributed by atoms with van der Waals surface area (Å²) in [5.41, 5.74) is 0.330. The fourth-order valence-electron chi connectivity index (χ4n) is 3.50. The molecule has 0 saturated carbocycles. The lowest BCUT2D eigenvalue weighted by Gasteiger charge is -2.24. The molecule has 1 amide bonds. The molecule has 0 spiro atoms. The number of carbonyl (C=O) groups is 1. The Morgan fingerprint density at radius 3 is 2.29 bits per heavy atom. The molecule has 11 heteroatoms. The standard InChI is InChI=1S/C27H31ClN2O6S2/c1-4-36-22-10-8-21(9-11-22)30(38(32,33)24-14-15-25(34-2)26(18-24)35-3)19-27(31)29-16-5-17-37-23-12-6-20(28)7-13-23/h6-15,18H,4-5,16-17,19H2,1-3H3,(H,29,31). The molecule has 3 aromatic rings. The number of rotatable bonds is 14. The van der Waals surface area contributed by atoms with Crippen molar-refractivity contribution >= 4 is 45.0 Å². The van der Waals surface area contributed by atoms with E-state index in [4.69, 9.17) is 25.8 Å². The number of sulfonamides is 1. The van der Waals surface area contributed by atoms with Gasteiger partial charge in [0.05, 0.1) is 31.4 Å². The number of ether oxygens (including phenoxy) is 3. The molecule has 0 saturated heterocycles. The van der Waals surface area contributed by atoms with E-state index in [0.29, 0.717) is 41.8 Å². The molecule has 8 nitrogen and oxygen atoms in total. The maximum absolute atomic E-state index is 13.7. The second kappa shape index (κ2) is 14.2. The molecule has 0 fully saturated rings. The van der Waals surface area contributed by atoms with Crippen LogP contribution in [0.1, 0.15) is 13.3 Å². The minimum Gasteiger partial charge on any atom is -0.494 e. The second-order valence-corrected chi connectivity index (χ2v) is 11.4. The summed E-state index contributed by atoms with van der Waals surface area (Å²) in [4.78, 5) is 13.9. The molecule has 0 radical (unpaired) electrons. The fraction of sp³-hybridized carbons (Fsp3) is 0.296. The number of nitrogens with one attached hydrogen (secondary N) is 1. The molecule has 1 N–H and O–H groups in total. The van der Waals surface area contributed by atoms with Crippen LogP contribution in [0.25, 0.3) is 0 Å². The van der Waals surface area contributed by atoms with Gasteiger partial charge in [-0.2, -0.15) is 0 Å². The zero-order valence-corrected chi connectivity index (χ0v) is 23.9. The molecule has 38 heavy (non-hydrogen) atoms. The third-order valence-electron chi connectivity index (χ3n) is 5.39. The van der Waals surface area contributed by atoms with Crippen LogP contribution in [-0.4, -0.2) is 54.0 Å². The summed E-state index contributed by atoms with van der Waals surface area (Å²) in [6, 6.07) is 18.4. The van der Waals surface area contributed by atoms with E-state index >= 15 is 0 Å². The van der Waals surface area contributed by atoms with Crippen molar-refractivity contribution in [3.05, 3.63) is 71.8 Å². The Labute approximate surface area is 233 Å². The van der Waals surface area contributed by atoms with Crippen molar-refractivity contribution in [1.82, 2.24) is 5.32 Å². The molecular formula is C27H31ClN2O6S2. The molecule has 0 heterocycles. The quantitative estimate of drug-likeness (QED) is 0.206.